The second kappa shape index (κ2) is 10.8. The number of rotatable bonds is 7. The number of alkyl halides is 3. The number of anilines is 3. The van der Waals surface area contributed by atoms with Gasteiger partial charge < -0.3 is 20.1 Å². The number of halogens is 3. The smallest absolute Gasteiger partial charge is 0.354 e. The Morgan fingerprint density at radius 1 is 1.05 bits per heavy atom. The van der Waals surface area contributed by atoms with Crippen molar-refractivity contribution in [3.63, 3.8) is 0 Å². The van der Waals surface area contributed by atoms with E-state index in [4.69, 9.17) is 0 Å². The van der Waals surface area contributed by atoms with Crippen molar-refractivity contribution in [2.24, 2.45) is 0 Å². The Bertz CT molecular complexity index is 1740. The molecule has 210 valence electrons. The molecule has 12 heteroatoms. The molecule has 0 atom stereocenters. The number of aromatic nitrogens is 4. The number of benzene rings is 3. The minimum Gasteiger partial charge on any atom is -0.354 e. The maximum atomic E-state index is 13.6. The lowest BCUT2D eigenvalue weighted by Crippen LogP contribution is -2.18. The first-order chi connectivity index (χ1) is 19.5. The molecule has 2 amide bonds. The predicted molar refractivity (Wildman–Crippen MR) is 149 cm³/mol. The largest absolute Gasteiger partial charge is 0.416 e. The lowest BCUT2D eigenvalue weighted by molar-refractivity contribution is -0.137. The topological polar surface area (TPSA) is 108 Å². The molecule has 0 aliphatic carbocycles. The van der Waals surface area contributed by atoms with E-state index in [2.05, 4.69) is 25.8 Å². The van der Waals surface area contributed by atoms with Crippen LogP contribution in [0.25, 0.3) is 10.9 Å². The van der Waals surface area contributed by atoms with Gasteiger partial charge in [0.1, 0.15) is 0 Å². The van der Waals surface area contributed by atoms with E-state index in [1.807, 2.05) is 37.1 Å². The van der Waals surface area contributed by atoms with E-state index in [1.54, 1.807) is 29.0 Å². The van der Waals surface area contributed by atoms with E-state index in [0.717, 1.165) is 29.1 Å². The van der Waals surface area contributed by atoms with Crippen LogP contribution >= 0.6 is 0 Å². The van der Waals surface area contributed by atoms with Gasteiger partial charge in [0.25, 0.3) is 11.8 Å². The van der Waals surface area contributed by atoms with Gasteiger partial charge in [-0.3, -0.25) is 14.7 Å². The number of aryl methyl sites for hydroxylation is 1. The summed E-state index contributed by atoms with van der Waals surface area (Å²) >= 11 is 0. The van der Waals surface area contributed by atoms with Crippen molar-refractivity contribution in [1.82, 2.24) is 25.1 Å². The van der Waals surface area contributed by atoms with Crippen LogP contribution in [0.15, 0.2) is 73.3 Å². The van der Waals surface area contributed by atoms with Gasteiger partial charge in [0.05, 0.1) is 17.4 Å². The van der Waals surface area contributed by atoms with Crippen LogP contribution < -0.4 is 15.5 Å². The van der Waals surface area contributed by atoms with Gasteiger partial charge in [-0.15, -0.1) is 0 Å². The number of nitrogens with zero attached hydrogens (tertiary/aromatic N) is 4. The Morgan fingerprint density at radius 2 is 1.85 bits per heavy atom. The molecule has 0 radical (unpaired) electrons. The number of hydrogen-bond acceptors (Lipinski definition) is 5. The van der Waals surface area contributed by atoms with E-state index in [0.29, 0.717) is 27.8 Å². The summed E-state index contributed by atoms with van der Waals surface area (Å²) in [6.45, 7) is 2.04. The Hall–Kier alpha value is -5.13. The molecular formula is C29H26F3N7O2. The van der Waals surface area contributed by atoms with Gasteiger partial charge in [0.2, 0.25) is 0 Å². The van der Waals surface area contributed by atoms with Crippen LogP contribution in [0, 0.1) is 6.92 Å². The van der Waals surface area contributed by atoms with Crippen LogP contribution in [0.5, 0.6) is 0 Å². The van der Waals surface area contributed by atoms with Crippen LogP contribution in [0.4, 0.5) is 30.2 Å². The normalized spacial score (nSPS) is 11.5. The molecular weight excluding hydrogens is 535 g/mol. The molecule has 0 saturated heterocycles. The number of carbonyl (C=O) groups excluding carboxylic acids is 2. The van der Waals surface area contributed by atoms with Crippen LogP contribution in [0.1, 0.15) is 37.5 Å². The lowest BCUT2D eigenvalue weighted by Gasteiger charge is -2.23. The molecule has 0 aliphatic rings. The summed E-state index contributed by atoms with van der Waals surface area (Å²) < 4.78 is 42.5. The third-order valence-electron chi connectivity index (χ3n) is 6.71. The molecule has 0 unspecified atom stereocenters. The quantitative estimate of drug-likeness (QED) is 0.243. The molecule has 0 fully saturated rings. The summed E-state index contributed by atoms with van der Waals surface area (Å²) in [4.78, 5) is 31.0. The molecule has 3 aromatic carbocycles. The van der Waals surface area contributed by atoms with E-state index in [1.165, 1.54) is 25.6 Å². The Morgan fingerprint density at radius 3 is 2.56 bits per heavy atom. The molecule has 5 rings (SSSR count). The molecule has 2 aromatic heterocycles. The van der Waals surface area contributed by atoms with Gasteiger partial charge in [-0.1, -0.05) is 6.07 Å². The Labute approximate surface area is 233 Å². The van der Waals surface area contributed by atoms with Gasteiger partial charge in [-0.2, -0.15) is 18.3 Å². The fourth-order valence-electron chi connectivity index (χ4n) is 4.57. The minimum absolute atomic E-state index is 0.109. The van der Waals surface area contributed by atoms with Crippen molar-refractivity contribution in [3.8, 4) is 0 Å². The Balaban J connectivity index is 1.41. The van der Waals surface area contributed by atoms with E-state index < -0.39 is 17.6 Å². The number of carbonyl (C=O) groups is 2. The molecule has 41 heavy (non-hydrogen) atoms. The summed E-state index contributed by atoms with van der Waals surface area (Å²) in [5, 5.41) is 12.9. The van der Waals surface area contributed by atoms with Crippen molar-refractivity contribution >= 4 is 39.8 Å². The average Bonchev–Trinajstić information content (AvgIpc) is 3.62. The second-order valence-electron chi connectivity index (χ2n) is 9.55. The minimum atomic E-state index is -4.61. The SMILES string of the molecule is CNC(=O)c1n[nH]c2cc(N(C)c3cc(NC(=O)c4cc(Cn5ccnc5)cc(C(F)(F)F)c4)ccc3C)ccc12. The number of hydrogen-bond donors (Lipinski definition) is 3. The molecule has 3 N–H and O–H groups in total. The maximum absolute atomic E-state index is 13.6. The first-order valence-corrected chi connectivity index (χ1v) is 12.6. The standard InChI is InChI=1S/C29H26F3N7O2/c1-17-4-5-21(13-25(17)38(3)22-6-7-23-24(14-22)36-37-26(23)28(41)33-2)35-27(40)19-10-18(15-39-9-8-34-16-39)11-20(12-19)29(30,31)32/h4-14,16H,15H2,1-3H3,(H,33,41)(H,35,40)(H,36,37). The van der Waals surface area contributed by atoms with E-state index in [9.17, 15) is 22.8 Å². The lowest BCUT2D eigenvalue weighted by atomic mass is 10.0. The molecule has 5 aromatic rings. The fourth-order valence-corrected chi connectivity index (χ4v) is 4.57. The summed E-state index contributed by atoms with van der Waals surface area (Å²) in [5.74, 6) is -0.965. The molecule has 0 spiro atoms. The van der Waals surface area contributed by atoms with Crippen molar-refractivity contribution in [1.29, 1.82) is 0 Å². The number of aromatic amines is 1. The van der Waals surface area contributed by atoms with Gasteiger partial charge >= 0.3 is 6.18 Å². The van der Waals surface area contributed by atoms with Gasteiger partial charge in [-0.05, 0) is 66.6 Å². The zero-order chi connectivity index (χ0) is 29.3. The number of imidazole rings is 1. The Kier molecular flexibility index (Phi) is 7.22. The number of fused-ring (bicyclic) bond motifs is 1. The van der Waals surface area contributed by atoms with Gasteiger partial charge in [0.15, 0.2) is 5.69 Å². The number of nitrogens with one attached hydrogen (secondary N) is 3. The first-order valence-electron chi connectivity index (χ1n) is 12.6. The number of H-pyrrole nitrogens is 1. The number of amides is 2. The highest BCUT2D eigenvalue weighted by Gasteiger charge is 2.32. The average molecular weight is 562 g/mol. The van der Waals surface area contributed by atoms with Crippen LogP contribution in [-0.2, 0) is 12.7 Å². The zero-order valence-electron chi connectivity index (χ0n) is 22.4. The summed E-state index contributed by atoms with van der Waals surface area (Å²) in [6, 6.07) is 14.1. The van der Waals surface area contributed by atoms with Crippen molar-refractivity contribution in [2.75, 3.05) is 24.3 Å². The van der Waals surface area contributed by atoms with Crippen molar-refractivity contribution < 1.29 is 22.8 Å². The van der Waals surface area contributed by atoms with Crippen LogP contribution in [0.2, 0.25) is 0 Å². The molecule has 0 saturated carbocycles. The van der Waals surface area contributed by atoms with E-state index in [-0.39, 0.29) is 18.0 Å². The maximum Gasteiger partial charge on any atom is 0.416 e. The van der Waals surface area contributed by atoms with E-state index >= 15 is 0 Å². The second-order valence-corrected chi connectivity index (χ2v) is 9.55. The highest BCUT2D eigenvalue weighted by atomic mass is 19.4. The predicted octanol–water partition coefficient (Wildman–Crippen LogP) is 5.51. The summed E-state index contributed by atoms with van der Waals surface area (Å²) in [7, 11) is 3.38. The van der Waals surface area contributed by atoms with Crippen molar-refractivity contribution in [3.05, 3.63) is 101 Å². The first kappa shape index (κ1) is 27.4. The van der Waals surface area contributed by atoms with Crippen molar-refractivity contribution in [2.45, 2.75) is 19.6 Å². The molecule has 0 aliphatic heterocycles. The highest BCUT2D eigenvalue weighted by molar-refractivity contribution is 6.06. The monoisotopic (exact) mass is 561 g/mol. The highest BCUT2D eigenvalue weighted by Crippen LogP contribution is 2.33. The summed E-state index contributed by atoms with van der Waals surface area (Å²) in [6.07, 6.45) is 0.0451. The fraction of sp³-hybridized carbons (Fsp3) is 0.172. The van der Waals surface area contributed by atoms with Crippen LogP contribution in [0.3, 0.4) is 0 Å². The zero-order valence-corrected chi connectivity index (χ0v) is 22.4. The van der Waals surface area contributed by atoms with Gasteiger partial charge in [0, 0.05) is 61.0 Å². The van der Waals surface area contributed by atoms with Crippen LogP contribution in [-0.4, -0.2) is 45.7 Å². The molecule has 9 nitrogen and oxygen atoms in total. The third kappa shape index (κ3) is 5.76. The third-order valence-corrected chi connectivity index (χ3v) is 6.71. The van der Waals surface area contributed by atoms with Gasteiger partial charge in [-0.25, -0.2) is 4.98 Å². The molecule has 2 heterocycles. The molecule has 0 bridgehead atoms. The summed E-state index contributed by atoms with van der Waals surface area (Å²) in [5.41, 5.74) is 3.15.